The summed E-state index contributed by atoms with van der Waals surface area (Å²) in [6, 6.07) is 1.62. The predicted octanol–water partition coefficient (Wildman–Crippen LogP) is 4.46. The SMILES string of the molecule is COC(=O)[C@@]12C[C@H]1C=CCCCCC[C@H](NC(=O)OC(C)(C)C)C(=O)N1C[C@H](Oc3nc(-c4cc(C)on4)nc4ccsc34)C[C@H]1C(=O)N2. The van der Waals surface area contributed by atoms with E-state index >= 15 is 0 Å². The van der Waals surface area contributed by atoms with E-state index in [-0.39, 0.29) is 24.8 Å². The predicted molar refractivity (Wildman–Crippen MR) is 179 cm³/mol. The number of rotatable bonds is 5. The van der Waals surface area contributed by atoms with Crippen molar-refractivity contribution in [3.05, 3.63) is 35.4 Å². The number of nitrogens with zero attached hydrogens (tertiary/aromatic N) is 4. The third-order valence-corrected chi connectivity index (χ3v) is 9.78. The molecule has 5 atom stereocenters. The van der Waals surface area contributed by atoms with E-state index < -0.39 is 53.2 Å². The van der Waals surface area contributed by atoms with E-state index in [0.29, 0.717) is 46.8 Å². The zero-order valence-electron chi connectivity index (χ0n) is 28.3. The van der Waals surface area contributed by atoms with Gasteiger partial charge < -0.3 is 34.3 Å². The van der Waals surface area contributed by atoms with Crippen molar-refractivity contribution < 1.29 is 37.9 Å². The van der Waals surface area contributed by atoms with Crippen LogP contribution >= 0.6 is 11.3 Å². The number of esters is 1. The van der Waals surface area contributed by atoms with E-state index in [4.69, 9.17) is 18.7 Å². The average Bonchev–Trinajstić information content (AvgIpc) is 3.44. The highest BCUT2D eigenvalue weighted by molar-refractivity contribution is 7.17. The van der Waals surface area contributed by atoms with Crippen molar-refractivity contribution in [1.82, 2.24) is 30.7 Å². The molecule has 2 fully saturated rings. The van der Waals surface area contributed by atoms with E-state index in [1.165, 1.54) is 23.3 Å². The van der Waals surface area contributed by atoms with Gasteiger partial charge in [-0.05, 0) is 64.8 Å². The number of ether oxygens (including phenoxy) is 3. The van der Waals surface area contributed by atoms with E-state index in [0.717, 1.165) is 19.3 Å². The summed E-state index contributed by atoms with van der Waals surface area (Å²) >= 11 is 1.41. The van der Waals surface area contributed by atoms with Crippen LogP contribution in [0.4, 0.5) is 4.79 Å². The maximum absolute atomic E-state index is 14.4. The molecule has 0 radical (unpaired) electrons. The van der Waals surface area contributed by atoms with Crippen LogP contribution in [-0.4, -0.2) is 86.9 Å². The van der Waals surface area contributed by atoms with Crippen LogP contribution in [0.1, 0.15) is 71.5 Å². The number of nitrogens with one attached hydrogen (secondary N) is 2. The molecule has 0 spiro atoms. The summed E-state index contributed by atoms with van der Waals surface area (Å²) in [5.41, 5.74) is -0.890. The minimum Gasteiger partial charge on any atom is -0.471 e. The van der Waals surface area contributed by atoms with Crippen LogP contribution in [0.25, 0.3) is 21.7 Å². The molecule has 3 aromatic heterocycles. The largest absolute Gasteiger partial charge is 0.471 e. The van der Waals surface area contributed by atoms with Gasteiger partial charge >= 0.3 is 12.1 Å². The molecule has 1 aliphatic carbocycles. The van der Waals surface area contributed by atoms with Crippen LogP contribution in [-0.2, 0) is 23.9 Å². The zero-order chi connectivity index (χ0) is 34.9. The van der Waals surface area contributed by atoms with E-state index in [1.54, 1.807) is 33.8 Å². The first-order valence-electron chi connectivity index (χ1n) is 16.6. The van der Waals surface area contributed by atoms with Gasteiger partial charge in [-0.15, -0.1) is 11.3 Å². The molecule has 0 unspecified atom stereocenters. The van der Waals surface area contributed by atoms with Crippen molar-refractivity contribution in [1.29, 1.82) is 0 Å². The average molecular weight is 695 g/mol. The van der Waals surface area contributed by atoms with Gasteiger partial charge in [0.1, 0.15) is 39.8 Å². The third kappa shape index (κ3) is 7.56. The Balaban J connectivity index is 1.32. The topological polar surface area (TPSA) is 175 Å². The molecule has 3 amide bonds. The lowest BCUT2D eigenvalue weighted by Crippen LogP contribution is -2.56. The van der Waals surface area contributed by atoms with Gasteiger partial charge in [0.15, 0.2) is 11.5 Å². The first-order valence-corrected chi connectivity index (χ1v) is 17.5. The Morgan fingerprint density at radius 2 is 2.00 bits per heavy atom. The van der Waals surface area contributed by atoms with Crippen molar-refractivity contribution in [2.45, 2.75) is 102 Å². The molecular weight excluding hydrogens is 652 g/mol. The third-order valence-electron chi connectivity index (χ3n) is 8.89. The fourth-order valence-electron chi connectivity index (χ4n) is 6.43. The number of carbonyl (C=O) groups is 4. The molecule has 14 nitrogen and oxygen atoms in total. The number of methoxy groups -OCH3 is 1. The molecule has 0 bridgehead atoms. The molecule has 3 aliphatic rings. The molecule has 1 saturated carbocycles. The van der Waals surface area contributed by atoms with Gasteiger partial charge in [0.2, 0.25) is 17.7 Å². The second-order valence-electron chi connectivity index (χ2n) is 13.8. The van der Waals surface area contributed by atoms with Crippen LogP contribution in [0.2, 0.25) is 0 Å². The van der Waals surface area contributed by atoms with Crippen LogP contribution in [0.5, 0.6) is 5.88 Å². The summed E-state index contributed by atoms with van der Waals surface area (Å²) in [5.74, 6) is -0.498. The minimum absolute atomic E-state index is 0.0350. The second-order valence-corrected chi connectivity index (χ2v) is 14.7. The van der Waals surface area contributed by atoms with Gasteiger partial charge in [-0.3, -0.25) is 9.59 Å². The van der Waals surface area contributed by atoms with Crippen molar-refractivity contribution in [3.8, 4) is 17.4 Å². The molecule has 262 valence electrons. The molecule has 2 N–H and O–H groups in total. The van der Waals surface area contributed by atoms with E-state index in [2.05, 4.69) is 25.8 Å². The number of fused-ring (bicyclic) bond motifs is 3. The number of hydrogen-bond donors (Lipinski definition) is 2. The number of aryl methyl sites for hydroxylation is 1. The second kappa shape index (κ2) is 13.8. The highest BCUT2D eigenvalue weighted by Crippen LogP contribution is 2.46. The maximum Gasteiger partial charge on any atom is 0.408 e. The molecule has 49 heavy (non-hydrogen) atoms. The van der Waals surface area contributed by atoms with E-state index in [1.807, 2.05) is 23.6 Å². The summed E-state index contributed by atoms with van der Waals surface area (Å²) in [5, 5.41) is 11.6. The fraction of sp³-hybridized carbons (Fsp3) is 0.559. The van der Waals surface area contributed by atoms with Gasteiger partial charge in [-0.25, -0.2) is 14.6 Å². The minimum atomic E-state index is -1.22. The Hall–Kier alpha value is -4.53. The van der Waals surface area contributed by atoms with Gasteiger partial charge in [-0.2, -0.15) is 4.98 Å². The number of allylic oxidation sites excluding steroid dienone is 1. The van der Waals surface area contributed by atoms with Crippen LogP contribution < -0.4 is 15.4 Å². The lowest BCUT2D eigenvalue weighted by molar-refractivity contribution is -0.148. The zero-order valence-corrected chi connectivity index (χ0v) is 29.1. The molecule has 3 aromatic rings. The molecule has 2 aliphatic heterocycles. The molecular formula is C34H42N6O8S. The lowest BCUT2D eigenvalue weighted by Gasteiger charge is -2.30. The van der Waals surface area contributed by atoms with Crippen molar-refractivity contribution >= 4 is 45.4 Å². The standard InChI is InChI=1S/C34H42N6O8S/c1-19-15-24(39-48-19)27-35-22-13-14-49-26(22)29(37-27)46-21-16-25-28(41)38-34(31(43)45-5)17-20(34)11-9-7-6-8-10-12-23(30(42)40(25)18-21)36-32(44)47-33(2,3)4/h9,11,13-15,20-21,23,25H,6-8,10,12,16-18H2,1-5H3,(H,36,44)(H,38,41)/t20-,21-,23+,25+,34-/m1/s1. The first-order chi connectivity index (χ1) is 23.4. The van der Waals surface area contributed by atoms with Crippen molar-refractivity contribution in [2.24, 2.45) is 5.92 Å². The van der Waals surface area contributed by atoms with Crippen molar-refractivity contribution in [2.75, 3.05) is 13.7 Å². The number of alkyl carbamates (subject to hydrolysis) is 1. The summed E-state index contributed by atoms with van der Waals surface area (Å²) in [4.78, 5) is 65.1. The number of hydrogen-bond acceptors (Lipinski definition) is 12. The quantitative estimate of drug-likeness (QED) is 0.285. The number of aromatic nitrogens is 3. The smallest absolute Gasteiger partial charge is 0.408 e. The first kappa shape index (κ1) is 34.3. The summed E-state index contributed by atoms with van der Waals surface area (Å²) < 4.78 is 23.0. The van der Waals surface area contributed by atoms with Crippen LogP contribution in [0, 0.1) is 12.8 Å². The molecule has 0 aromatic carbocycles. The Morgan fingerprint density at radius 1 is 1.18 bits per heavy atom. The monoisotopic (exact) mass is 694 g/mol. The Bertz CT molecular complexity index is 1760. The van der Waals surface area contributed by atoms with Gasteiger partial charge in [-0.1, -0.05) is 30.2 Å². The summed E-state index contributed by atoms with van der Waals surface area (Å²) in [6.45, 7) is 7.05. The van der Waals surface area contributed by atoms with E-state index in [9.17, 15) is 19.2 Å². The molecule has 15 heteroatoms. The van der Waals surface area contributed by atoms with Gasteiger partial charge in [0.25, 0.3) is 0 Å². The van der Waals surface area contributed by atoms with Gasteiger partial charge in [0.05, 0.1) is 19.2 Å². The highest BCUT2D eigenvalue weighted by atomic mass is 32.1. The van der Waals surface area contributed by atoms with Crippen LogP contribution in [0.15, 0.2) is 34.2 Å². The van der Waals surface area contributed by atoms with Gasteiger partial charge in [0, 0.05) is 18.4 Å². The molecule has 6 rings (SSSR count). The lowest BCUT2D eigenvalue weighted by atomic mass is 10.0. The highest BCUT2D eigenvalue weighted by Gasteiger charge is 2.62. The normalized spacial score (nSPS) is 26.2. The number of carbonyl (C=O) groups excluding carboxylic acids is 4. The maximum atomic E-state index is 14.4. The summed E-state index contributed by atoms with van der Waals surface area (Å²) in [6.07, 6.45) is 6.61. The summed E-state index contributed by atoms with van der Waals surface area (Å²) in [7, 11) is 1.29. The number of thiophene rings is 1. The Morgan fingerprint density at radius 3 is 2.73 bits per heavy atom. The van der Waals surface area contributed by atoms with Crippen molar-refractivity contribution in [3.63, 3.8) is 0 Å². The fourth-order valence-corrected chi connectivity index (χ4v) is 7.19. The Kier molecular flexibility index (Phi) is 9.65. The molecule has 1 saturated heterocycles. The molecule has 5 heterocycles. The Labute approximate surface area is 287 Å². The number of amides is 3. The van der Waals surface area contributed by atoms with Crippen LogP contribution in [0.3, 0.4) is 0 Å².